The van der Waals surface area contributed by atoms with Crippen LogP contribution in [-0.2, 0) is 4.79 Å². The quantitative estimate of drug-likeness (QED) is 0.489. The van der Waals surface area contributed by atoms with Crippen molar-refractivity contribution >= 4 is 12.0 Å². The summed E-state index contributed by atoms with van der Waals surface area (Å²) in [6, 6.07) is -0.316. The molecule has 16 heavy (non-hydrogen) atoms. The predicted octanol–water partition coefficient (Wildman–Crippen LogP) is -0.466. The first-order valence-electron chi connectivity index (χ1n) is 5.24. The molecule has 1 fully saturated rings. The number of hydrogen-bond donors (Lipinski definition) is 4. The Morgan fingerprint density at radius 1 is 1.56 bits per heavy atom. The van der Waals surface area contributed by atoms with Crippen LogP contribution in [-0.4, -0.2) is 42.8 Å². The van der Waals surface area contributed by atoms with Crippen LogP contribution in [0.1, 0.15) is 6.42 Å². The molecule has 0 radical (unpaired) electrons. The van der Waals surface area contributed by atoms with Crippen molar-refractivity contribution in [3.8, 4) is 0 Å². The van der Waals surface area contributed by atoms with Crippen molar-refractivity contribution in [2.75, 3.05) is 19.6 Å². The van der Waals surface area contributed by atoms with Crippen LogP contribution in [0.15, 0.2) is 12.7 Å². The van der Waals surface area contributed by atoms with Crippen molar-refractivity contribution in [1.29, 1.82) is 0 Å². The molecule has 0 aromatic carbocycles. The topological polar surface area (TPSA) is 90.5 Å². The predicted molar refractivity (Wildman–Crippen MR) is 59.1 cm³/mol. The third kappa shape index (κ3) is 3.54. The first kappa shape index (κ1) is 12.5. The van der Waals surface area contributed by atoms with Crippen LogP contribution in [0.5, 0.6) is 0 Å². The van der Waals surface area contributed by atoms with Gasteiger partial charge in [0.1, 0.15) is 0 Å². The minimum atomic E-state index is -1.09. The molecule has 1 rings (SSSR count). The third-order valence-electron chi connectivity index (χ3n) is 2.55. The fraction of sp³-hybridized carbons (Fsp3) is 0.600. The minimum Gasteiger partial charge on any atom is -0.465 e. The van der Waals surface area contributed by atoms with Gasteiger partial charge in [-0.05, 0) is 13.0 Å². The van der Waals surface area contributed by atoms with Crippen molar-refractivity contribution < 1.29 is 14.7 Å². The van der Waals surface area contributed by atoms with Crippen LogP contribution in [0, 0.1) is 5.92 Å². The zero-order chi connectivity index (χ0) is 12.0. The van der Waals surface area contributed by atoms with E-state index in [4.69, 9.17) is 5.11 Å². The Hall–Kier alpha value is -1.56. The largest absolute Gasteiger partial charge is 0.465 e. The van der Waals surface area contributed by atoms with Crippen molar-refractivity contribution in [3.05, 3.63) is 12.7 Å². The van der Waals surface area contributed by atoms with Gasteiger partial charge in [-0.25, -0.2) is 4.79 Å². The lowest BCUT2D eigenvalue weighted by atomic mass is 9.92. The number of piperidine rings is 1. The summed E-state index contributed by atoms with van der Waals surface area (Å²) in [5.41, 5.74) is 0. The molecular weight excluding hydrogens is 210 g/mol. The van der Waals surface area contributed by atoms with E-state index in [1.807, 2.05) is 0 Å². The highest BCUT2D eigenvalue weighted by Gasteiger charge is 2.31. The van der Waals surface area contributed by atoms with E-state index in [0.29, 0.717) is 19.5 Å². The van der Waals surface area contributed by atoms with Gasteiger partial charge in [-0.2, -0.15) is 0 Å². The van der Waals surface area contributed by atoms with E-state index >= 15 is 0 Å². The molecule has 6 heteroatoms. The normalized spacial score (nSPS) is 24.5. The molecular formula is C10H17N3O3. The summed E-state index contributed by atoms with van der Waals surface area (Å²) in [7, 11) is 0. The Kier molecular flexibility index (Phi) is 4.78. The summed E-state index contributed by atoms with van der Waals surface area (Å²) in [6.45, 7) is 5.12. The highest BCUT2D eigenvalue weighted by atomic mass is 16.4. The number of rotatable bonds is 4. The molecule has 0 spiro atoms. The smallest absolute Gasteiger partial charge is 0.404 e. The highest BCUT2D eigenvalue weighted by Crippen LogP contribution is 2.11. The monoisotopic (exact) mass is 227 g/mol. The van der Waals surface area contributed by atoms with E-state index in [1.165, 1.54) is 0 Å². The first-order valence-corrected chi connectivity index (χ1v) is 5.24. The Morgan fingerprint density at radius 2 is 2.31 bits per heavy atom. The Bertz CT molecular complexity index is 280. The molecule has 0 aromatic heterocycles. The molecule has 2 amide bonds. The summed E-state index contributed by atoms with van der Waals surface area (Å²) in [4.78, 5) is 22.3. The van der Waals surface area contributed by atoms with Gasteiger partial charge in [-0.15, -0.1) is 6.58 Å². The summed E-state index contributed by atoms with van der Waals surface area (Å²) in [5.74, 6) is -0.504. The van der Waals surface area contributed by atoms with E-state index in [0.717, 1.165) is 6.54 Å². The van der Waals surface area contributed by atoms with Gasteiger partial charge >= 0.3 is 6.09 Å². The fourth-order valence-electron chi connectivity index (χ4n) is 1.77. The van der Waals surface area contributed by atoms with Crippen molar-refractivity contribution in [3.63, 3.8) is 0 Å². The SMILES string of the molecule is C=CCNC(=O)C1CNCCC1NC(=O)O. The fourth-order valence-corrected chi connectivity index (χ4v) is 1.77. The van der Waals surface area contributed by atoms with Gasteiger partial charge in [-0.3, -0.25) is 4.79 Å². The number of carbonyl (C=O) groups is 2. The number of carboxylic acid groups (broad SMARTS) is 1. The highest BCUT2D eigenvalue weighted by molar-refractivity contribution is 5.80. The van der Waals surface area contributed by atoms with Crippen LogP contribution in [0.3, 0.4) is 0 Å². The Balaban J connectivity index is 2.54. The number of hydrogen-bond acceptors (Lipinski definition) is 3. The van der Waals surface area contributed by atoms with Crippen LogP contribution in [0.4, 0.5) is 4.79 Å². The Morgan fingerprint density at radius 3 is 2.94 bits per heavy atom. The number of carbonyl (C=O) groups excluding carboxylic acids is 1. The Labute approximate surface area is 94.1 Å². The first-order chi connectivity index (χ1) is 7.65. The number of nitrogens with one attached hydrogen (secondary N) is 3. The summed E-state index contributed by atoms with van der Waals surface area (Å²) in [5, 5.41) is 16.8. The van der Waals surface area contributed by atoms with Gasteiger partial charge in [0.05, 0.1) is 5.92 Å². The van der Waals surface area contributed by atoms with Gasteiger partial charge in [0.15, 0.2) is 0 Å². The third-order valence-corrected chi connectivity index (χ3v) is 2.55. The summed E-state index contributed by atoms with van der Waals surface area (Å²) < 4.78 is 0. The summed E-state index contributed by atoms with van der Waals surface area (Å²) in [6.07, 6.45) is 1.13. The average molecular weight is 227 g/mol. The molecule has 0 saturated carbocycles. The van der Waals surface area contributed by atoms with Crippen LogP contribution < -0.4 is 16.0 Å². The molecule has 1 saturated heterocycles. The van der Waals surface area contributed by atoms with Crippen LogP contribution in [0.2, 0.25) is 0 Å². The zero-order valence-electron chi connectivity index (χ0n) is 9.03. The van der Waals surface area contributed by atoms with E-state index < -0.39 is 6.09 Å². The molecule has 0 bridgehead atoms. The lowest BCUT2D eigenvalue weighted by Crippen LogP contribution is -2.54. The summed E-state index contributed by atoms with van der Waals surface area (Å²) >= 11 is 0. The molecule has 0 aromatic rings. The second-order valence-corrected chi connectivity index (χ2v) is 3.69. The molecule has 1 aliphatic rings. The van der Waals surface area contributed by atoms with Crippen LogP contribution in [0.25, 0.3) is 0 Å². The van der Waals surface area contributed by atoms with E-state index in [2.05, 4.69) is 22.5 Å². The van der Waals surface area contributed by atoms with Gasteiger partial charge < -0.3 is 21.1 Å². The van der Waals surface area contributed by atoms with Gasteiger partial charge in [0.2, 0.25) is 5.91 Å². The maximum absolute atomic E-state index is 11.7. The molecule has 1 heterocycles. The standard InChI is InChI=1S/C10H17N3O3/c1-2-4-12-9(14)7-6-11-5-3-8(7)13-10(15)16/h2,7-8,11,13H,1,3-6H2,(H,12,14)(H,15,16). The minimum absolute atomic E-state index is 0.147. The molecule has 1 aliphatic heterocycles. The van der Waals surface area contributed by atoms with E-state index in [1.54, 1.807) is 6.08 Å². The van der Waals surface area contributed by atoms with Crippen molar-refractivity contribution in [2.24, 2.45) is 5.92 Å². The lowest BCUT2D eigenvalue weighted by molar-refractivity contribution is -0.126. The molecule has 90 valence electrons. The van der Waals surface area contributed by atoms with Gasteiger partial charge in [0, 0.05) is 19.1 Å². The van der Waals surface area contributed by atoms with E-state index in [-0.39, 0.29) is 17.9 Å². The average Bonchev–Trinajstić information content (AvgIpc) is 2.26. The molecule has 6 nitrogen and oxygen atoms in total. The second kappa shape index (κ2) is 6.12. The number of amides is 2. The molecule has 2 unspecified atom stereocenters. The second-order valence-electron chi connectivity index (χ2n) is 3.69. The maximum Gasteiger partial charge on any atom is 0.404 e. The molecule has 0 aliphatic carbocycles. The van der Waals surface area contributed by atoms with Crippen molar-refractivity contribution in [1.82, 2.24) is 16.0 Å². The molecule has 4 N–H and O–H groups in total. The molecule has 2 atom stereocenters. The van der Waals surface area contributed by atoms with Gasteiger partial charge in [-0.1, -0.05) is 6.08 Å². The maximum atomic E-state index is 11.7. The zero-order valence-corrected chi connectivity index (χ0v) is 9.03. The van der Waals surface area contributed by atoms with Crippen molar-refractivity contribution in [2.45, 2.75) is 12.5 Å². The van der Waals surface area contributed by atoms with Gasteiger partial charge in [0.25, 0.3) is 0 Å². The lowest BCUT2D eigenvalue weighted by Gasteiger charge is -2.30. The van der Waals surface area contributed by atoms with E-state index in [9.17, 15) is 9.59 Å². The van der Waals surface area contributed by atoms with Crippen LogP contribution >= 0.6 is 0 Å².